The minimum atomic E-state index is -0.481. The van der Waals surface area contributed by atoms with Crippen LogP contribution in [0, 0.1) is 17.0 Å². The maximum Gasteiger partial charge on any atom is 0.269 e. The van der Waals surface area contributed by atoms with Crippen LogP contribution in [0.3, 0.4) is 0 Å². The SMILES string of the molecule is Cc1cc(NC(=O)CCNC(=O)c2ccsc2)n(-c2ccc([N+](=O)[O-])cc2)n1. The molecule has 0 spiro atoms. The highest BCUT2D eigenvalue weighted by atomic mass is 32.1. The summed E-state index contributed by atoms with van der Waals surface area (Å²) in [7, 11) is 0. The molecule has 3 rings (SSSR count). The van der Waals surface area contributed by atoms with Crippen molar-refractivity contribution in [3.05, 3.63) is 68.5 Å². The lowest BCUT2D eigenvalue weighted by Gasteiger charge is -2.09. The first-order chi connectivity index (χ1) is 13.4. The van der Waals surface area contributed by atoms with Crippen molar-refractivity contribution in [2.75, 3.05) is 11.9 Å². The van der Waals surface area contributed by atoms with Crippen LogP contribution in [-0.2, 0) is 4.79 Å². The molecule has 0 aliphatic rings. The fraction of sp³-hybridized carbons (Fsp3) is 0.167. The maximum atomic E-state index is 12.2. The zero-order valence-corrected chi connectivity index (χ0v) is 15.7. The van der Waals surface area contributed by atoms with Gasteiger partial charge in [0.25, 0.3) is 11.6 Å². The molecule has 0 fully saturated rings. The number of anilines is 1. The summed E-state index contributed by atoms with van der Waals surface area (Å²) in [5, 5.41) is 24.1. The molecule has 0 aliphatic carbocycles. The van der Waals surface area contributed by atoms with E-state index < -0.39 is 4.92 Å². The molecule has 0 radical (unpaired) electrons. The maximum absolute atomic E-state index is 12.2. The molecule has 0 aliphatic heterocycles. The molecule has 3 aromatic rings. The number of thiophene rings is 1. The summed E-state index contributed by atoms with van der Waals surface area (Å²) in [4.78, 5) is 34.4. The Balaban J connectivity index is 1.62. The zero-order valence-electron chi connectivity index (χ0n) is 14.9. The highest BCUT2D eigenvalue weighted by Gasteiger charge is 2.13. The average Bonchev–Trinajstić information content (AvgIpc) is 3.31. The minimum absolute atomic E-state index is 0.0282. The predicted octanol–water partition coefficient (Wildman–Crippen LogP) is 2.91. The van der Waals surface area contributed by atoms with Crippen LogP contribution in [0.2, 0.25) is 0 Å². The molecule has 0 saturated carbocycles. The van der Waals surface area contributed by atoms with E-state index in [0.717, 1.165) is 0 Å². The van der Waals surface area contributed by atoms with Crippen molar-refractivity contribution in [1.29, 1.82) is 0 Å². The molecular weight excluding hydrogens is 382 g/mol. The van der Waals surface area contributed by atoms with Crippen molar-refractivity contribution in [2.45, 2.75) is 13.3 Å². The van der Waals surface area contributed by atoms with Gasteiger partial charge in [-0.2, -0.15) is 16.4 Å². The van der Waals surface area contributed by atoms with Gasteiger partial charge in [0.15, 0.2) is 0 Å². The topological polar surface area (TPSA) is 119 Å². The van der Waals surface area contributed by atoms with E-state index in [2.05, 4.69) is 15.7 Å². The summed E-state index contributed by atoms with van der Waals surface area (Å²) in [6.45, 7) is 1.98. The summed E-state index contributed by atoms with van der Waals surface area (Å²) in [6, 6.07) is 9.27. The first kappa shape index (κ1) is 19.2. The van der Waals surface area contributed by atoms with Crippen molar-refractivity contribution in [2.24, 2.45) is 0 Å². The van der Waals surface area contributed by atoms with Gasteiger partial charge in [-0.15, -0.1) is 0 Å². The van der Waals surface area contributed by atoms with Crippen LogP contribution in [0.5, 0.6) is 0 Å². The number of aryl methyl sites for hydroxylation is 1. The number of carbonyl (C=O) groups excluding carboxylic acids is 2. The summed E-state index contributed by atoms with van der Waals surface area (Å²) < 4.78 is 1.50. The number of hydrogen-bond donors (Lipinski definition) is 2. The molecule has 0 saturated heterocycles. The number of nitro benzene ring substituents is 1. The van der Waals surface area contributed by atoms with Crippen LogP contribution in [0.15, 0.2) is 47.2 Å². The van der Waals surface area contributed by atoms with Crippen molar-refractivity contribution in [3.8, 4) is 5.69 Å². The van der Waals surface area contributed by atoms with Crippen molar-refractivity contribution in [3.63, 3.8) is 0 Å². The first-order valence-electron chi connectivity index (χ1n) is 8.36. The molecule has 28 heavy (non-hydrogen) atoms. The van der Waals surface area contributed by atoms with Gasteiger partial charge in [-0.05, 0) is 30.5 Å². The van der Waals surface area contributed by atoms with Gasteiger partial charge < -0.3 is 10.6 Å². The van der Waals surface area contributed by atoms with Gasteiger partial charge in [0.05, 0.1) is 16.3 Å². The lowest BCUT2D eigenvalue weighted by atomic mass is 10.3. The van der Waals surface area contributed by atoms with Gasteiger partial charge >= 0.3 is 0 Å². The van der Waals surface area contributed by atoms with Crippen LogP contribution >= 0.6 is 11.3 Å². The smallest absolute Gasteiger partial charge is 0.269 e. The first-order valence-corrected chi connectivity index (χ1v) is 9.30. The number of non-ortho nitro benzene ring substituents is 1. The average molecular weight is 399 g/mol. The quantitative estimate of drug-likeness (QED) is 0.468. The van der Waals surface area contributed by atoms with E-state index in [0.29, 0.717) is 22.8 Å². The Morgan fingerprint density at radius 2 is 2.00 bits per heavy atom. The lowest BCUT2D eigenvalue weighted by molar-refractivity contribution is -0.384. The number of aromatic nitrogens is 2. The molecule has 0 bridgehead atoms. The van der Waals surface area contributed by atoms with Gasteiger partial charge in [-0.1, -0.05) is 0 Å². The van der Waals surface area contributed by atoms with Crippen molar-refractivity contribution < 1.29 is 14.5 Å². The molecule has 2 aromatic heterocycles. The van der Waals surface area contributed by atoms with E-state index in [1.165, 1.54) is 28.2 Å². The Labute approximate surface area is 164 Å². The fourth-order valence-electron chi connectivity index (χ4n) is 2.49. The molecule has 0 atom stereocenters. The summed E-state index contributed by atoms with van der Waals surface area (Å²) in [5.41, 5.74) is 1.80. The van der Waals surface area contributed by atoms with E-state index in [1.807, 2.05) is 5.38 Å². The number of nitrogens with one attached hydrogen (secondary N) is 2. The van der Waals surface area contributed by atoms with E-state index in [4.69, 9.17) is 0 Å². The molecule has 2 amide bonds. The highest BCUT2D eigenvalue weighted by molar-refractivity contribution is 7.08. The fourth-order valence-corrected chi connectivity index (χ4v) is 3.13. The van der Waals surface area contributed by atoms with Gasteiger partial charge in [0.2, 0.25) is 5.91 Å². The Hall–Kier alpha value is -3.53. The molecule has 144 valence electrons. The van der Waals surface area contributed by atoms with Gasteiger partial charge in [0, 0.05) is 42.1 Å². The molecule has 1 aromatic carbocycles. The molecule has 10 heteroatoms. The Bertz CT molecular complexity index is 996. The highest BCUT2D eigenvalue weighted by Crippen LogP contribution is 2.20. The zero-order chi connectivity index (χ0) is 20.1. The van der Waals surface area contributed by atoms with Crippen LogP contribution < -0.4 is 10.6 Å². The number of amides is 2. The third kappa shape index (κ3) is 4.60. The summed E-state index contributed by atoms with van der Waals surface area (Å²) in [6.07, 6.45) is 0.0976. The molecule has 0 unspecified atom stereocenters. The number of nitrogens with zero attached hydrogens (tertiary/aromatic N) is 3. The normalized spacial score (nSPS) is 10.5. The number of hydrogen-bond acceptors (Lipinski definition) is 6. The minimum Gasteiger partial charge on any atom is -0.351 e. The summed E-state index contributed by atoms with van der Waals surface area (Å²) >= 11 is 1.43. The number of benzene rings is 1. The predicted molar refractivity (Wildman–Crippen MR) is 105 cm³/mol. The summed E-state index contributed by atoms with van der Waals surface area (Å²) in [5.74, 6) is -0.0602. The van der Waals surface area contributed by atoms with Crippen molar-refractivity contribution in [1.82, 2.24) is 15.1 Å². The number of rotatable bonds is 7. The second-order valence-corrected chi connectivity index (χ2v) is 6.70. The van der Waals surface area contributed by atoms with E-state index in [9.17, 15) is 19.7 Å². The van der Waals surface area contributed by atoms with Gasteiger partial charge in [-0.25, -0.2) is 4.68 Å². The van der Waals surface area contributed by atoms with Gasteiger partial charge in [-0.3, -0.25) is 19.7 Å². The van der Waals surface area contributed by atoms with Crippen LogP contribution in [0.4, 0.5) is 11.5 Å². The second-order valence-electron chi connectivity index (χ2n) is 5.92. The molecular formula is C18H17N5O4S. The molecule has 2 N–H and O–H groups in total. The third-order valence-electron chi connectivity index (χ3n) is 3.83. The number of nitro groups is 1. The second kappa shape index (κ2) is 8.44. The Morgan fingerprint density at radius 1 is 1.25 bits per heavy atom. The number of carbonyl (C=O) groups is 2. The molecule has 2 heterocycles. The standard InChI is InChI=1S/C18H17N5O4S/c1-12-10-16(22(21-12)14-2-4-15(5-3-14)23(26)27)20-17(24)6-8-19-18(25)13-7-9-28-11-13/h2-5,7,9-11H,6,8H2,1H3,(H,19,25)(H,20,24). The third-order valence-corrected chi connectivity index (χ3v) is 4.51. The monoisotopic (exact) mass is 399 g/mol. The largest absolute Gasteiger partial charge is 0.351 e. The van der Waals surface area contributed by atoms with Crippen molar-refractivity contribution >= 4 is 34.7 Å². The van der Waals surface area contributed by atoms with Crippen LogP contribution in [-0.4, -0.2) is 33.1 Å². The molecule has 9 nitrogen and oxygen atoms in total. The van der Waals surface area contributed by atoms with E-state index >= 15 is 0 Å². The van der Waals surface area contributed by atoms with Crippen LogP contribution in [0.25, 0.3) is 5.69 Å². The Morgan fingerprint density at radius 3 is 2.64 bits per heavy atom. The van der Waals surface area contributed by atoms with E-state index in [1.54, 1.807) is 36.6 Å². The van der Waals surface area contributed by atoms with Gasteiger partial charge in [0.1, 0.15) is 5.82 Å². The lowest BCUT2D eigenvalue weighted by Crippen LogP contribution is -2.27. The van der Waals surface area contributed by atoms with Crippen LogP contribution in [0.1, 0.15) is 22.5 Å². The van der Waals surface area contributed by atoms with E-state index in [-0.39, 0.29) is 30.5 Å². The Kier molecular flexibility index (Phi) is 5.80.